The normalized spacial score (nSPS) is 36.4. The summed E-state index contributed by atoms with van der Waals surface area (Å²) < 4.78 is 5.95. The largest absolute Gasteiger partial charge is 0.733 e. The molecule has 0 aliphatic heterocycles. The van der Waals surface area contributed by atoms with Crippen molar-refractivity contribution in [1.82, 2.24) is 0 Å². The molecule has 0 amide bonds. The summed E-state index contributed by atoms with van der Waals surface area (Å²) >= 11 is 0. The van der Waals surface area contributed by atoms with Gasteiger partial charge < -0.3 is 15.2 Å². The molecule has 5 heteroatoms. The number of hydrogen-bond acceptors (Lipinski definition) is 5. The highest BCUT2D eigenvalue weighted by Gasteiger charge is 2.59. The summed E-state index contributed by atoms with van der Waals surface area (Å²) in [5.74, 6) is 4.58. The fourth-order valence-corrected chi connectivity index (χ4v) is 9.70. The number of nitrogens with zero attached hydrogens (tertiary/aromatic N) is 1. The molecule has 0 bridgehead atoms. The highest BCUT2D eigenvalue weighted by atomic mass is 16.8. The highest BCUT2D eigenvalue weighted by Crippen LogP contribution is 2.67. The van der Waals surface area contributed by atoms with Crippen LogP contribution in [-0.4, -0.2) is 17.3 Å². The number of carbonyl (C=O) groups excluding carboxylic acids is 1. The summed E-state index contributed by atoms with van der Waals surface area (Å²) in [6, 6.07) is 5.94. The minimum atomic E-state index is -0.354. The predicted octanol–water partition coefficient (Wildman–Crippen LogP) is 8.95. The number of fused-ring (bicyclic) bond motifs is 5. The Bertz CT molecular complexity index is 1050. The summed E-state index contributed by atoms with van der Waals surface area (Å²) in [7, 11) is 0. The van der Waals surface area contributed by atoms with Crippen molar-refractivity contribution < 1.29 is 14.7 Å². The second-order valence-corrected chi connectivity index (χ2v) is 14.4. The fraction of sp³-hybridized carbons (Fsp3) is 0.735. The van der Waals surface area contributed by atoms with E-state index >= 15 is 0 Å². The van der Waals surface area contributed by atoms with Gasteiger partial charge in [-0.1, -0.05) is 65.5 Å². The molecule has 0 spiro atoms. The molecule has 4 aliphatic carbocycles. The molecule has 0 unspecified atom stereocenters. The first-order valence-electron chi connectivity index (χ1n) is 15.7. The van der Waals surface area contributed by atoms with Crippen molar-refractivity contribution in [2.24, 2.45) is 46.3 Å². The van der Waals surface area contributed by atoms with Crippen LogP contribution in [0.4, 0.5) is 5.69 Å². The van der Waals surface area contributed by atoms with Crippen molar-refractivity contribution in [3.05, 3.63) is 46.7 Å². The zero-order valence-electron chi connectivity index (χ0n) is 24.8. The third-order valence-electron chi connectivity index (χ3n) is 11.9. The average Bonchev–Trinajstić information content (AvgIpc) is 3.26. The van der Waals surface area contributed by atoms with E-state index in [1.54, 1.807) is 0 Å². The minimum absolute atomic E-state index is 0.0969. The van der Waals surface area contributed by atoms with Gasteiger partial charge >= 0.3 is 5.97 Å². The molecule has 1 N–H and O–H groups in total. The maximum absolute atomic E-state index is 12.8. The zero-order valence-corrected chi connectivity index (χ0v) is 24.8. The number of ether oxygens (including phenoxy) is 1. The van der Waals surface area contributed by atoms with E-state index in [0.29, 0.717) is 11.0 Å². The van der Waals surface area contributed by atoms with Crippen molar-refractivity contribution in [2.75, 3.05) is 5.23 Å². The zero-order chi connectivity index (χ0) is 27.9. The first-order chi connectivity index (χ1) is 18.5. The molecule has 5 rings (SSSR count). The van der Waals surface area contributed by atoms with Crippen molar-refractivity contribution >= 4 is 11.7 Å². The fourth-order valence-electron chi connectivity index (χ4n) is 9.70. The van der Waals surface area contributed by atoms with E-state index in [1.165, 1.54) is 81.2 Å². The number of allylic oxidation sites excluding steroid dienone is 1. The second-order valence-electron chi connectivity index (χ2n) is 14.4. The Morgan fingerprint density at radius 1 is 1.05 bits per heavy atom. The van der Waals surface area contributed by atoms with E-state index in [0.717, 1.165) is 54.8 Å². The summed E-state index contributed by atoms with van der Waals surface area (Å²) in [6.07, 6.45) is 16.2. The van der Waals surface area contributed by atoms with Crippen LogP contribution in [0.15, 0.2) is 35.9 Å². The third-order valence-corrected chi connectivity index (χ3v) is 11.9. The van der Waals surface area contributed by atoms with E-state index in [-0.39, 0.29) is 28.4 Å². The standard InChI is InChI=1S/C34H50NO4/c1-22(2)7-6-8-23(3)29-15-16-30-28-14-11-25-21-27(17-19-33(25,4)31(28)18-20-34(29,30)5)39-32(36)24-9-12-26(13-10-24)35(37)38/h9-13,22-23,27-31,37H,6-8,14-21H2,1-5H3/q-1/t23-,27+,28+,29+,30+,31+,33+,34-/m1/s1. The smallest absolute Gasteiger partial charge is 0.338 e. The van der Waals surface area contributed by atoms with E-state index in [1.807, 2.05) is 0 Å². The van der Waals surface area contributed by atoms with E-state index < -0.39 is 0 Å². The SMILES string of the molecule is CC(C)CCC[C@@H](C)[C@@H]1CC[C@H]2[C@@H]3CC=C4C[C@@H](OC(=O)c5ccc(N([O-])O)cc5)CC[C@]4(C)[C@H]3CC[C@@]21C. The molecule has 3 saturated carbocycles. The van der Waals surface area contributed by atoms with Crippen LogP contribution in [0.5, 0.6) is 0 Å². The van der Waals surface area contributed by atoms with E-state index in [9.17, 15) is 10.0 Å². The van der Waals surface area contributed by atoms with Crippen LogP contribution in [0.25, 0.3) is 0 Å². The van der Waals surface area contributed by atoms with E-state index in [2.05, 4.69) is 40.7 Å². The molecular formula is C34H50NO4-. The maximum atomic E-state index is 12.8. The lowest BCUT2D eigenvalue weighted by Crippen LogP contribution is -2.51. The van der Waals surface area contributed by atoms with Crippen LogP contribution in [0.1, 0.15) is 116 Å². The Morgan fingerprint density at radius 2 is 1.79 bits per heavy atom. The van der Waals surface area contributed by atoms with Crippen LogP contribution < -0.4 is 5.23 Å². The first-order valence-corrected chi connectivity index (χ1v) is 15.7. The molecule has 39 heavy (non-hydrogen) atoms. The van der Waals surface area contributed by atoms with Crippen LogP contribution in [0.2, 0.25) is 0 Å². The molecule has 1 aromatic carbocycles. The van der Waals surface area contributed by atoms with Gasteiger partial charge in [0.1, 0.15) is 6.10 Å². The Morgan fingerprint density at radius 3 is 2.49 bits per heavy atom. The van der Waals surface area contributed by atoms with E-state index in [4.69, 9.17) is 9.94 Å². The number of esters is 1. The Labute approximate surface area is 235 Å². The van der Waals surface area contributed by atoms with Gasteiger partial charge in [0.25, 0.3) is 0 Å². The number of carbonyl (C=O) groups is 1. The van der Waals surface area contributed by atoms with Gasteiger partial charge in [-0.05, 0) is 116 Å². The molecule has 4 aliphatic rings. The van der Waals surface area contributed by atoms with Gasteiger partial charge in [0, 0.05) is 6.42 Å². The van der Waals surface area contributed by atoms with Gasteiger partial charge in [-0.25, -0.2) is 4.79 Å². The number of anilines is 1. The second kappa shape index (κ2) is 11.2. The van der Waals surface area contributed by atoms with Crippen LogP contribution in [-0.2, 0) is 4.74 Å². The van der Waals surface area contributed by atoms with Crippen molar-refractivity contribution in [3.8, 4) is 0 Å². The van der Waals surface area contributed by atoms with Gasteiger partial charge in [0.15, 0.2) is 0 Å². The Kier molecular flexibility index (Phi) is 8.23. The monoisotopic (exact) mass is 536 g/mol. The van der Waals surface area contributed by atoms with Gasteiger partial charge in [-0.15, -0.1) is 0 Å². The third kappa shape index (κ3) is 5.43. The number of benzene rings is 1. The first kappa shape index (κ1) is 28.7. The predicted molar refractivity (Wildman–Crippen MR) is 156 cm³/mol. The molecule has 1 aromatic rings. The minimum Gasteiger partial charge on any atom is -0.733 e. The van der Waals surface area contributed by atoms with Crippen molar-refractivity contribution in [1.29, 1.82) is 0 Å². The Hall–Kier alpha value is -1.85. The molecule has 0 aromatic heterocycles. The lowest BCUT2D eigenvalue weighted by molar-refractivity contribution is -0.0594. The average molecular weight is 537 g/mol. The van der Waals surface area contributed by atoms with Crippen LogP contribution in [0, 0.1) is 51.5 Å². The molecule has 0 radical (unpaired) electrons. The summed E-state index contributed by atoms with van der Waals surface area (Å²) in [5.41, 5.74) is 2.76. The number of rotatable bonds is 8. The molecule has 3 fully saturated rings. The topological polar surface area (TPSA) is 72.8 Å². The number of hydrogen-bond donors (Lipinski definition) is 1. The van der Waals surface area contributed by atoms with Gasteiger partial charge in [0.2, 0.25) is 0 Å². The maximum Gasteiger partial charge on any atom is 0.338 e. The lowest BCUT2D eigenvalue weighted by Gasteiger charge is -2.58. The van der Waals surface area contributed by atoms with Crippen LogP contribution in [0.3, 0.4) is 0 Å². The lowest BCUT2D eigenvalue weighted by atomic mass is 9.47. The molecule has 0 saturated heterocycles. The van der Waals surface area contributed by atoms with Gasteiger partial charge in [-0.2, -0.15) is 0 Å². The van der Waals surface area contributed by atoms with Crippen molar-refractivity contribution in [3.63, 3.8) is 0 Å². The molecular weight excluding hydrogens is 486 g/mol. The summed E-state index contributed by atoms with van der Waals surface area (Å²) in [6.45, 7) is 12.4. The summed E-state index contributed by atoms with van der Waals surface area (Å²) in [5, 5.41) is 19.9. The molecule has 5 nitrogen and oxygen atoms in total. The highest BCUT2D eigenvalue weighted by molar-refractivity contribution is 5.90. The van der Waals surface area contributed by atoms with Crippen LogP contribution >= 0.6 is 0 Å². The van der Waals surface area contributed by atoms with Crippen molar-refractivity contribution in [2.45, 2.75) is 111 Å². The van der Waals surface area contributed by atoms with Gasteiger partial charge in [-0.3, -0.25) is 5.21 Å². The quantitative estimate of drug-likeness (QED) is 0.204. The summed E-state index contributed by atoms with van der Waals surface area (Å²) in [4.78, 5) is 12.8. The molecule has 0 heterocycles. The Balaban J connectivity index is 1.23. The van der Waals surface area contributed by atoms with Gasteiger partial charge in [0.05, 0.1) is 11.3 Å². The molecule has 8 atom stereocenters. The molecule has 216 valence electrons.